The maximum Gasteiger partial charge on any atom is 0.254 e. The third-order valence-corrected chi connectivity index (χ3v) is 3.97. The van der Waals surface area contributed by atoms with Gasteiger partial charge in [-0.25, -0.2) is 0 Å². The smallest absolute Gasteiger partial charge is 0.254 e. The fourth-order valence-electron chi connectivity index (χ4n) is 2.79. The first kappa shape index (κ1) is 13.6. The summed E-state index contributed by atoms with van der Waals surface area (Å²) >= 11 is 0. The average molecular weight is 282 g/mol. The van der Waals surface area contributed by atoms with Crippen molar-refractivity contribution < 1.29 is 9.53 Å². The fourth-order valence-corrected chi connectivity index (χ4v) is 2.79. The number of amides is 1. The Morgan fingerprint density at radius 1 is 1.29 bits per heavy atom. The molecule has 1 fully saturated rings. The molecule has 1 amide bonds. The van der Waals surface area contributed by atoms with Crippen molar-refractivity contribution in [1.82, 2.24) is 9.88 Å². The quantitative estimate of drug-likeness (QED) is 0.869. The highest BCUT2D eigenvalue weighted by molar-refractivity contribution is 5.94. The van der Waals surface area contributed by atoms with E-state index in [4.69, 9.17) is 4.74 Å². The monoisotopic (exact) mass is 282 g/mol. The van der Waals surface area contributed by atoms with E-state index in [9.17, 15) is 4.79 Å². The lowest BCUT2D eigenvalue weighted by Gasteiger charge is -2.17. The highest BCUT2D eigenvalue weighted by atomic mass is 16.5. The summed E-state index contributed by atoms with van der Waals surface area (Å²) in [7, 11) is 1.61. The summed E-state index contributed by atoms with van der Waals surface area (Å²) in [5, 5.41) is 0. The molecule has 4 heteroatoms. The number of nitrogens with zero attached hydrogens (tertiary/aromatic N) is 2. The molecule has 0 spiro atoms. The summed E-state index contributed by atoms with van der Waals surface area (Å²) in [6, 6.07) is 11.4. The summed E-state index contributed by atoms with van der Waals surface area (Å²) in [4.78, 5) is 18.5. The molecule has 3 rings (SSSR count). The zero-order valence-electron chi connectivity index (χ0n) is 12.0. The van der Waals surface area contributed by atoms with Gasteiger partial charge in [0.2, 0.25) is 0 Å². The lowest BCUT2D eigenvalue weighted by atomic mass is 10.00. The third kappa shape index (κ3) is 2.89. The van der Waals surface area contributed by atoms with Crippen LogP contribution in [0, 0.1) is 0 Å². The Hall–Kier alpha value is -2.36. The van der Waals surface area contributed by atoms with Crippen LogP contribution >= 0.6 is 0 Å². The second-order valence-electron chi connectivity index (χ2n) is 5.25. The number of likely N-dealkylation sites (tertiary alicyclic amines) is 1. The molecule has 0 N–H and O–H groups in total. The van der Waals surface area contributed by atoms with E-state index in [1.807, 2.05) is 47.6 Å². The van der Waals surface area contributed by atoms with Gasteiger partial charge in [0.05, 0.1) is 7.11 Å². The number of ether oxygens (including phenoxy) is 1. The van der Waals surface area contributed by atoms with Gasteiger partial charge >= 0.3 is 0 Å². The van der Waals surface area contributed by atoms with Crippen LogP contribution in [0.2, 0.25) is 0 Å². The fraction of sp³-hybridized carbons (Fsp3) is 0.294. The Kier molecular flexibility index (Phi) is 3.86. The van der Waals surface area contributed by atoms with Gasteiger partial charge in [-0.15, -0.1) is 0 Å². The van der Waals surface area contributed by atoms with Gasteiger partial charge in [0.25, 0.3) is 5.91 Å². The third-order valence-electron chi connectivity index (χ3n) is 3.97. The van der Waals surface area contributed by atoms with Crippen LogP contribution in [-0.4, -0.2) is 36.0 Å². The Labute approximate surface area is 124 Å². The lowest BCUT2D eigenvalue weighted by Crippen LogP contribution is -2.28. The summed E-state index contributed by atoms with van der Waals surface area (Å²) < 4.78 is 5.18. The van der Waals surface area contributed by atoms with E-state index in [0.717, 1.165) is 19.5 Å². The molecule has 2 heterocycles. The highest BCUT2D eigenvalue weighted by Gasteiger charge is 2.27. The second kappa shape index (κ2) is 5.95. The maximum absolute atomic E-state index is 12.5. The number of hydrogen-bond acceptors (Lipinski definition) is 3. The van der Waals surface area contributed by atoms with E-state index in [-0.39, 0.29) is 5.91 Å². The van der Waals surface area contributed by atoms with Crippen molar-refractivity contribution in [2.24, 2.45) is 0 Å². The number of benzene rings is 1. The van der Waals surface area contributed by atoms with Crippen LogP contribution in [0.5, 0.6) is 5.75 Å². The van der Waals surface area contributed by atoms with Gasteiger partial charge < -0.3 is 9.64 Å². The molecule has 0 unspecified atom stereocenters. The van der Waals surface area contributed by atoms with Crippen LogP contribution in [-0.2, 0) is 0 Å². The van der Waals surface area contributed by atoms with Crippen LogP contribution in [0.4, 0.5) is 0 Å². The predicted molar refractivity (Wildman–Crippen MR) is 80.5 cm³/mol. The number of carbonyl (C=O) groups excluding carboxylic acids is 1. The van der Waals surface area contributed by atoms with Crippen LogP contribution in [0.25, 0.3) is 0 Å². The molecule has 0 saturated carbocycles. The standard InChI is InChI=1S/C17H18N2O2/c1-21-16-4-2-3-14(11-16)17(20)19-10-7-15(12-19)13-5-8-18-9-6-13/h2-6,8-9,11,15H,7,10,12H2,1H3/t15-/m0/s1. The highest BCUT2D eigenvalue weighted by Crippen LogP contribution is 2.28. The van der Waals surface area contributed by atoms with E-state index in [1.54, 1.807) is 13.2 Å². The van der Waals surface area contributed by atoms with Crippen LogP contribution < -0.4 is 4.74 Å². The molecule has 21 heavy (non-hydrogen) atoms. The van der Waals surface area contributed by atoms with Crippen molar-refractivity contribution in [3.63, 3.8) is 0 Å². The van der Waals surface area contributed by atoms with Gasteiger partial charge in [-0.05, 0) is 42.3 Å². The van der Waals surface area contributed by atoms with Crippen molar-refractivity contribution in [1.29, 1.82) is 0 Å². The molecule has 1 atom stereocenters. The minimum absolute atomic E-state index is 0.0745. The van der Waals surface area contributed by atoms with E-state index in [0.29, 0.717) is 17.2 Å². The summed E-state index contributed by atoms with van der Waals surface area (Å²) in [6.07, 6.45) is 4.61. The topological polar surface area (TPSA) is 42.4 Å². The molecular formula is C17H18N2O2. The number of hydrogen-bond donors (Lipinski definition) is 0. The zero-order valence-corrected chi connectivity index (χ0v) is 12.0. The van der Waals surface area contributed by atoms with Crippen molar-refractivity contribution in [2.75, 3.05) is 20.2 Å². The molecule has 1 aliphatic rings. The molecule has 2 aromatic rings. The zero-order chi connectivity index (χ0) is 14.7. The molecule has 0 bridgehead atoms. The molecule has 0 radical (unpaired) electrons. The largest absolute Gasteiger partial charge is 0.497 e. The molecule has 1 aliphatic heterocycles. The van der Waals surface area contributed by atoms with E-state index < -0.39 is 0 Å². The van der Waals surface area contributed by atoms with Crippen molar-refractivity contribution in [3.8, 4) is 5.75 Å². The molecule has 1 saturated heterocycles. The lowest BCUT2D eigenvalue weighted by molar-refractivity contribution is 0.0790. The van der Waals surface area contributed by atoms with Crippen molar-refractivity contribution >= 4 is 5.91 Å². The number of aromatic nitrogens is 1. The van der Waals surface area contributed by atoms with Crippen molar-refractivity contribution in [2.45, 2.75) is 12.3 Å². The van der Waals surface area contributed by atoms with Gasteiger partial charge in [-0.3, -0.25) is 9.78 Å². The average Bonchev–Trinajstić information content (AvgIpc) is 3.05. The van der Waals surface area contributed by atoms with E-state index in [1.165, 1.54) is 5.56 Å². The molecule has 4 nitrogen and oxygen atoms in total. The first-order valence-corrected chi connectivity index (χ1v) is 7.11. The first-order chi connectivity index (χ1) is 10.3. The summed E-state index contributed by atoms with van der Waals surface area (Å²) in [5.74, 6) is 1.19. The Balaban J connectivity index is 1.72. The van der Waals surface area contributed by atoms with Crippen molar-refractivity contribution in [3.05, 3.63) is 59.9 Å². The minimum Gasteiger partial charge on any atom is -0.497 e. The minimum atomic E-state index is 0.0745. The van der Waals surface area contributed by atoms with E-state index in [2.05, 4.69) is 4.98 Å². The second-order valence-corrected chi connectivity index (χ2v) is 5.25. The van der Waals surface area contributed by atoms with Crippen LogP contribution in [0.3, 0.4) is 0 Å². The number of methoxy groups -OCH3 is 1. The maximum atomic E-state index is 12.5. The normalized spacial score (nSPS) is 17.8. The first-order valence-electron chi connectivity index (χ1n) is 7.11. The Bertz CT molecular complexity index is 628. The number of pyridine rings is 1. The Morgan fingerprint density at radius 3 is 2.86 bits per heavy atom. The van der Waals surface area contributed by atoms with Gasteiger partial charge in [-0.2, -0.15) is 0 Å². The van der Waals surface area contributed by atoms with Crippen LogP contribution in [0.15, 0.2) is 48.8 Å². The van der Waals surface area contributed by atoms with E-state index >= 15 is 0 Å². The van der Waals surface area contributed by atoms with Gasteiger partial charge in [-0.1, -0.05) is 6.07 Å². The number of carbonyl (C=O) groups is 1. The SMILES string of the molecule is COc1cccc(C(=O)N2CC[C@H](c3ccncc3)C2)c1. The molecule has 0 aliphatic carbocycles. The Morgan fingerprint density at radius 2 is 2.10 bits per heavy atom. The molecule has 1 aromatic heterocycles. The summed E-state index contributed by atoms with van der Waals surface area (Å²) in [5.41, 5.74) is 1.94. The molecule has 1 aromatic carbocycles. The molecular weight excluding hydrogens is 264 g/mol. The molecule has 108 valence electrons. The summed E-state index contributed by atoms with van der Waals surface area (Å²) in [6.45, 7) is 1.56. The van der Waals surface area contributed by atoms with Gasteiger partial charge in [0.15, 0.2) is 0 Å². The number of rotatable bonds is 3. The van der Waals surface area contributed by atoms with Gasteiger partial charge in [0, 0.05) is 37.0 Å². The predicted octanol–water partition coefficient (Wildman–Crippen LogP) is 2.72. The van der Waals surface area contributed by atoms with Gasteiger partial charge in [0.1, 0.15) is 5.75 Å². The van der Waals surface area contributed by atoms with Crippen LogP contribution in [0.1, 0.15) is 28.3 Å².